The number of carbonyl (C=O) groups is 2. The van der Waals surface area contributed by atoms with E-state index in [0.717, 1.165) is 12.8 Å². The Kier molecular flexibility index (Phi) is 17.1. The molecule has 0 aliphatic rings. The Hall–Kier alpha value is -0.700. The highest BCUT2D eigenvalue weighted by molar-refractivity contribution is 6.37. The highest BCUT2D eigenvalue weighted by atomic mass is 16.2. The normalized spacial score (nSPS) is 10.9. The summed E-state index contributed by atoms with van der Waals surface area (Å²) in [5, 5.41) is 0. The van der Waals surface area contributed by atoms with Crippen molar-refractivity contribution in [2.24, 2.45) is 5.73 Å². The first kappa shape index (κ1) is 22.3. The number of hydrogen-bond donors (Lipinski definition) is 1. The average Bonchev–Trinajstić information content (AvgIpc) is 2.57. The van der Waals surface area contributed by atoms with Crippen LogP contribution in [0.15, 0.2) is 0 Å². The predicted molar refractivity (Wildman–Crippen MR) is 98.6 cm³/mol. The molecule has 0 aromatic carbocycles. The molecule has 3 nitrogen and oxygen atoms in total. The number of ketones is 2. The van der Waals surface area contributed by atoms with Crippen LogP contribution in [0, 0.1) is 0 Å². The summed E-state index contributed by atoms with van der Waals surface area (Å²) in [6, 6.07) is 0. The van der Waals surface area contributed by atoms with Gasteiger partial charge in [0.15, 0.2) is 5.78 Å². The number of carbonyl (C=O) groups excluding carboxylic acids is 2. The molecule has 0 heterocycles. The van der Waals surface area contributed by atoms with Crippen molar-refractivity contribution in [1.82, 2.24) is 0 Å². The Morgan fingerprint density at radius 3 is 1.26 bits per heavy atom. The maximum atomic E-state index is 11.3. The lowest BCUT2D eigenvalue weighted by Crippen LogP contribution is -2.22. The second kappa shape index (κ2) is 17.7. The number of nitrogens with two attached hydrogens (primary N) is 1. The molecule has 0 rings (SSSR count). The molecule has 136 valence electrons. The fourth-order valence-electron chi connectivity index (χ4n) is 2.91. The molecule has 2 N–H and O–H groups in total. The highest BCUT2D eigenvalue weighted by Crippen LogP contribution is 2.13. The lowest BCUT2D eigenvalue weighted by atomic mass is 10.0. The van der Waals surface area contributed by atoms with Gasteiger partial charge in [0.2, 0.25) is 5.78 Å². The van der Waals surface area contributed by atoms with E-state index >= 15 is 0 Å². The molecule has 23 heavy (non-hydrogen) atoms. The second-order valence-electron chi connectivity index (χ2n) is 6.75. The van der Waals surface area contributed by atoms with Crippen molar-refractivity contribution in [2.45, 2.75) is 110 Å². The lowest BCUT2D eigenvalue weighted by Gasteiger charge is -2.03. The molecule has 0 aromatic heterocycles. The summed E-state index contributed by atoms with van der Waals surface area (Å²) in [5.74, 6) is -0.711. The number of unbranched alkanes of at least 4 members (excludes halogenated alkanes) is 14. The predicted octanol–water partition coefficient (Wildman–Crippen LogP) is 5.34. The van der Waals surface area contributed by atoms with Gasteiger partial charge in [-0.1, -0.05) is 96.8 Å². The Morgan fingerprint density at radius 1 is 0.565 bits per heavy atom. The summed E-state index contributed by atoms with van der Waals surface area (Å²) < 4.78 is 0. The molecule has 0 bridgehead atoms. The van der Waals surface area contributed by atoms with Crippen LogP contribution in [-0.2, 0) is 9.59 Å². The van der Waals surface area contributed by atoms with Gasteiger partial charge >= 0.3 is 0 Å². The molecule has 0 aliphatic heterocycles. The summed E-state index contributed by atoms with van der Waals surface area (Å²) in [7, 11) is 0. The van der Waals surface area contributed by atoms with Crippen molar-refractivity contribution in [3.8, 4) is 0 Å². The standard InChI is InChI=1S/C20H39NO2/c1-2-3-4-5-6-7-8-9-10-11-12-13-14-15-16-17-19(22)20(23)18-21/h2-18,21H2,1H3. The van der Waals surface area contributed by atoms with Crippen molar-refractivity contribution < 1.29 is 9.59 Å². The minimum Gasteiger partial charge on any atom is -0.324 e. The van der Waals surface area contributed by atoms with E-state index in [0.29, 0.717) is 6.42 Å². The van der Waals surface area contributed by atoms with Crippen molar-refractivity contribution in [3.05, 3.63) is 0 Å². The van der Waals surface area contributed by atoms with Crippen molar-refractivity contribution in [2.75, 3.05) is 6.54 Å². The van der Waals surface area contributed by atoms with E-state index in [1.54, 1.807) is 0 Å². The minimum atomic E-state index is -0.421. The number of hydrogen-bond acceptors (Lipinski definition) is 3. The maximum Gasteiger partial charge on any atom is 0.211 e. The molecule has 0 aromatic rings. The molecule has 0 aliphatic carbocycles. The first-order chi connectivity index (χ1) is 11.2. The molecule has 3 heteroatoms. The third-order valence-electron chi connectivity index (χ3n) is 4.50. The van der Waals surface area contributed by atoms with Crippen LogP contribution in [0.3, 0.4) is 0 Å². The minimum absolute atomic E-state index is 0.141. The Bertz CT molecular complexity index is 289. The van der Waals surface area contributed by atoms with Crippen molar-refractivity contribution in [3.63, 3.8) is 0 Å². The van der Waals surface area contributed by atoms with Gasteiger partial charge in [-0.05, 0) is 6.42 Å². The van der Waals surface area contributed by atoms with Gasteiger partial charge in [-0.25, -0.2) is 0 Å². The van der Waals surface area contributed by atoms with E-state index in [1.807, 2.05) is 0 Å². The van der Waals surface area contributed by atoms with Crippen LogP contribution in [0.4, 0.5) is 0 Å². The quantitative estimate of drug-likeness (QED) is 0.273. The lowest BCUT2D eigenvalue weighted by molar-refractivity contribution is -0.135. The molecular formula is C20H39NO2. The third-order valence-corrected chi connectivity index (χ3v) is 4.50. The van der Waals surface area contributed by atoms with Crippen LogP contribution in [0.2, 0.25) is 0 Å². The number of Topliss-reactive ketones (excluding diaryl/α,β-unsaturated/α-hetero) is 2. The Morgan fingerprint density at radius 2 is 0.913 bits per heavy atom. The number of rotatable bonds is 18. The molecule has 0 saturated carbocycles. The smallest absolute Gasteiger partial charge is 0.211 e. The largest absolute Gasteiger partial charge is 0.324 e. The van der Waals surface area contributed by atoms with Gasteiger partial charge < -0.3 is 5.73 Å². The first-order valence-electron chi connectivity index (χ1n) is 9.98. The van der Waals surface area contributed by atoms with Gasteiger partial charge in [-0.15, -0.1) is 0 Å². The molecular weight excluding hydrogens is 286 g/mol. The van der Waals surface area contributed by atoms with Gasteiger partial charge in [0.1, 0.15) is 0 Å². The van der Waals surface area contributed by atoms with Crippen LogP contribution in [0.5, 0.6) is 0 Å². The summed E-state index contributed by atoms with van der Waals surface area (Å²) in [6.07, 6.45) is 20.0. The van der Waals surface area contributed by atoms with E-state index in [1.165, 1.54) is 83.5 Å². The van der Waals surface area contributed by atoms with Crippen molar-refractivity contribution in [1.29, 1.82) is 0 Å². The van der Waals surface area contributed by atoms with Crippen LogP contribution in [0.1, 0.15) is 110 Å². The third kappa shape index (κ3) is 16.0. The Balaban J connectivity index is 3.11. The monoisotopic (exact) mass is 325 g/mol. The zero-order valence-electron chi connectivity index (χ0n) is 15.4. The molecule has 0 atom stereocenters. The van der Waals surface area contributed by atoms with Crippen LogP contribution in [0.25, 0.3) is 0 Å². The summed E-state index contributed by atoms with van der Waals surface area (Å²) in [4.78, 5) is 22.3. The van der Waals surface area contributed by atoms with Crippen molar-refractivity contribution >= 4 is 11.6 Å². The van der Waals surface area contributed by atoms with Gasteiger partial charge in [0.25, 0.3) is 0 Å². The topological polar surface area (TPSA) is 60.2 Å². The average molecular weight is 326 g/mol. The fraction of sp³-hybridized carbons (Fsp3) is 0.900. The summed E-state index contributed by atoms with van der Waals surface area (Å²) in [6.45, 7) is 2.12. The second-order valence-corrected chi connectivity index (χ2v) is 6.75. The molecule has 0 amide bonds. The van der Waals surface area contributed by atoms with E-state index < -0.39 is 5.78 Å². The zero-order valence-corrected chi connectivity index (χ0v) is 15.4. The highest BCUT2D eigenvalue weighted by Gasteiger charge is 2.09. The van der Waals surface area contributed by atoms with E-state index in [9.17, 15) is 9.59 Å². The summed E-state index contributed by atoms with van der Waals surface area (Å²) in [5.41, 5.74) is 5.16. The van der Waals surface area contributed by atoms with Gasteiger partial charge in [-0.3, -0.25) is 9.59 Å². The molecule has 0 unspecified atom stereocenters. The molecule has 0 radical (unpaired) electrons. The van der Waals surface area contributed by atoms with E-state index in [4.69, 9.17) is 5.73 Å². The van der Waals surface area contributed by atoms with Crippen LogP contribution < -0.4 is 5.73 Å². The van der Waals surface area contributed by atoms with Crippen LogP contribution >= 0.6 is 0 Å². The molecule has 0 fully saturated rings. The fourth-order valence-corrected chi connectivity index (χ4v) is 2.91. The van der Waals surface area contributed by atoms with E-state index in [-0.39, 0.29) is 12.3 Å². The zero-order chi connectivity index (χ0) is 17.2. The molecule has 0 saturated heterocycles. The van der Waals surface area contributed by atoms with Gasteiger partial charge in [0.05, 0.1) is 6.54 Å². The van der Waals surface area contributed by atoms with Crippen LogP contribution in [-0.4, -0.2) is 18.1 Å². The van der Waals surface area contributed by atoms with Gasteiger partial charge in [-0.2, -0.15) is 0 Å². The Labute approximate surface area is 143 Å². The summed E-state index contributed by atoms with van der Waals surface area (Å²) >= 11 is 0. The maximum absolute atomic E-state index is 11.3. The molecule has 0 spiro atoms. The van der Waals surface area contributed by atoms with Gasteiger partial charge in [0, 0.05) is 6.42 Å². The SMILES string of the molecule is CCCCCCCCCCCCCCCCCC(=O)C(=O)CN. The van der Waals surface area contributed by atoms with E-state index in [2.05, 4.69) is 6.92 Å². The first-order valence-corrected chi connectivity index (χ1v) is 9.98.